The van der Waals surface area contributed by atoms with Crippen molar-refractivity contribution in [3.63, 3.8) is 0 Å². The van der Waals surface area contributed by atoms with E-state index in [1.54, 1.807) is 0 Å². The first-order valence-corrected chi connectivity index (χ1v) is 18.8. The van der Waals surface area contributed by atoms with Crippen molar-refractivity contribution >= 4 is 76.3 Å². The molecule has 9 aromatic carbocycles. The first-order chi connectivity index (χ1) is 27.3. The van der Waals surface area contributed by atoms with Crippen LogP contribution >= 0.6 is 0 Å². The van der Waals surface area contributed by atoms with Crippen LogP contribution in [0.1, 0.15) is 0 Å². The zero-order valence-corrected chi connectivity index (χ0v) is 29.7. The molecule has 0 amide bonds. The van der Waals surface area contributed by atoms with Gasteiger partial charge in [0.05, 0.1) is 11.0 Å². The van der Waals surface area contributed by atoms with Gasteiger partial charge < -0.3 is 13.4 Å². The van der Waals surface area contributed by atoms with E-state index in [1.165, 1.54) is 60.0 Å². The Kier molecular flexibility index (Phi) is 6.34. The maximum Gasteiger partial charge on any atom is 0.178 e. The number of rotatable bonds is 4. The van der Waals surface area contributed by atoms with Crippen molar-refractivity contribution in [3.05, 3.63) is 188 Å². The highest BCUT2D eigenvalue weighted by Crippen LogP contribution is 2.50. The third-order valence-corrected chi connectivity index (χ3v) is 11.4. The van der Waals surface area contributed by atoms with E-state index in [2.05, 4.69) is 174 Å². The number of benzene rings is 9. The van der Waals surface area contributed by atoms with E-state index >= 15 is 0 Å². The summed E-state index contributed by atoms with van der Waals surface area (Å²) in [6.07, 6.45) is 0. The summed E-state index contributed by atoms with van der Waals surface area (Å²) in [5, 5.41) is 10.4. The maximum atomic E-state index is 6.81. The standard InChI is InChI=1S/C52H31NO2/c1-3-16-32(17-4-1)47-31-43-41(30-42-34-20-12-14-29-46(34)54-51(42)52(43)55-47)49-37-23-9-7-21-35(37)48(36-22-8-10-24-38(36)49)40-26-15-28-45-50(40)39-25-11-13-27-44(39)53(45)33-18-5-2-6-19-33/h1-31H. The smallest absolute Gasteiger partial charge is 0.178 e. The number of hydrogen-bond acceptors (Lipinski definition) is 2. The summed E-state index contributed by atoms with van der Waals surface area (Å²) in [5.74, 6) is 0.816. The zero-order valence-electron chi connectivity index (χ0n) is 29.7. The van der Waals surface area contributed by atoms with Gasteiger partial charge in [0, 0.05) is 38.2 Å². The minimum Gasteiger partial charge on any atom is -0.452 e. The Morgan fingerprint density at radius 3 is 1.60 bits per heavy atom. The van der Waals surface area contributed by atoms with Gasteiger partial charge in [-0.3, -0.25) is 0 Å². The molecule has 3 aromatic heterocycles. The van der Waals surface area contributed by atoms with Gasteiger partial charge in [0.15, 0.2) is 11.2 Å². The van der Waals surface area contributed by atoms with Crippen LogP contribution in [-0.2, 0) is 0 Å². The highest BCUT2D eigenvalue weighted by molar-refractivity contribution is 6.29. The summed E-state index contributed by atoms with van der Waals surface area (Å²) in [4.78, 5) is 0. The molecule has 0 aliphatic rings. The zero-order chi connectivity index (χ0) is 36.0. The quantitative estimate of drug-likeness (QED) is 0.171. The Hall–Kier alpha value is -7.36. The molecule has 12 rings (SSSR count). The Balaban J connectivity index is 1.23. The van der Waals surface area contributed by atoms with Crippen molar-refractivity contribution in [2.24, 2.45) is 0 Å². The number of hydrogen-bond donors (Lipinski definition) is 0. The van der Waals surface area contributed by atoms with E-state index in [0.29, 0.717) is 0 Å². The van der Waals surface area contributed by atoms with Crippen LogP contribution in [0.3, 0.4) is 0 Å². The summed E-state index contributed by atoms with van der Waals surface area (Å²) in [6, 6.07) is 67.3. The van der Waals surface area contributed by atoms with Crippen LogP contribution in [0.4, 0.5) is 0 Å². The van der Waals surface area contributed by atoms with Crippen LogP contribution < -0.4 is 0 Å². The third kappa shape index (κ3) is 4.32. The summed E-state index contributed by atoms with van der Waals surface area (Å²) < 4.78 is 15.8. The monoisotopic (exact) mass is 701 g/mol. The third-order valence-electron chi connectivity index (χ3n) is 11.4. The lowest BCUT2D eigenvalue weighted by Gasteiger charge is -2.19. The van der Waals surface area contributed by atoms with Gasteiger partial charge in [-0.1, -0.05) is 146 Å². The van der Waals surface area contributed by atoms with Gasteiger partial charge in [-0.05, 0) is 86.3 Å². The number of fused-ring (bicyclic) bond motifs is 10. The van der Waals surface area contributed by atoms with Crippen molar-refractivity contribution in [1.82, 2.24) is 4.57 Å². The Morgan fingerprint density at radius 2 is 0.891 bits per heavy atom. The summed E-state index contributed by atoms with van der Waals surface area (Å²) in [7, 11) is 0. The fourth-order valence-corrected chi connectivity index (χ4v) is 9.10. The first kappa shape index (κ1) is 30.1. The van der Waals surface area contributed by atoms with E-state index in [4.69, 9.17) is 8.83 Å². The van der Waals surface area contributed by atoms with Crippen LogP contribution in [0.25, 0.3) is 116 Å². The minimum absolute atomic E-state index is 0.762. The Bertz CT molecular complexity index is 3420. The van der Waals surface area contributed by atoms with Crippen LogP contribution in [0.15, 0.2) is 197 Å². The lowest BCUT2D eigenvalue weighted by Crippen LogP contribution is -1.94. The van der Waals surface area contributed by atoms with Crippen LogP contribution in [0.2, 0.25) is 0 Å². The molecule has 0 unspecified atom stereocenters. The molecule has 3 heteroatoms. The Labute approximate surface area is 315 Å². The topological polar surface area (TPSA) is 31.2 Å². The molecule has 0 aliphatic heterocycles. The first-order valence-electron chi connectivity index (χ1n) is 18.8. The molecule has 0 aliphatic carbocycles. The molecular weight excluding hydrogens is 671 g/mol. The molecule has 3 heterocycles. The van der Waals surface area contributed by atoms with Gasteiger partial charge >= 0.3 is 0 Å². The van der Waals surface area contributed by atoms with Crippen molar-refractivity contribution in [2.75, 3.05) is 0 Å². The molecule has 0 radical (unpaired) electrons. The van der Waals surface area contributed by atoms with Crippen LogP contribution in [-0.4, -0.2) is 4.57 Å². The SMILES string of the molecule is c1ccc(-c2cc3c(-c4c5ccccc5c(-c5cccc6c5c5ccccc5n6-c5ccccc5)c5ccccc45)cc4c5ccccc5oc4c3o2)cc1. The Morgan fingerprint density at radius 1 is 0.345 bits per heavy atom. The highest BCUT2D eigenvalue weighted by atomic mass is 16.4. The fraction of sp³-hybridized carbons (Fsp3) is 0. The molecule has 0 N–H and O–H groups in total. The number of para-hydroxylation sites is 3. The molecule has 0 saturated carbocycles. The van der Waals surface area contributed by atoms with Gasteiger partial charge in [-0.15, -0.1) is 0 Å². The summed E-state index contributed by atoms with van der Waals surface area (Å²) in [5.41, 5.74) is 11.7. The van der Waals surface area contributed by atoms with Crippen molar-refractivity contribution in [1.29, 1.82) is 0 Å². The van der Waals surface area contributed by atoms with E-state index in [1.807, 2.05) is 18.2 Å². The van der Waals surface area contributed by atoms with Crippen LogP contribution in [0, 0.1) is 0 Å². The summed E-state index contributed by atoms with van der Waals surface area (Å²) in [6.45, 7) is 0. The predicted octanol–water partition coefficient (Wildman–Crippen LogP) is 14.7. The fourth-order valence-electron chi connectivity index (χ4n) is 9.10. The van der Waals surface area contributed by atoms with E-state index < -0.39 is 0 Å². The second-order valence-corrected chi connectivity index (χ2v) is 14.3. The number of nitrogens with zero attached hydrogens (tertiary/aromatic N) is 1. The molecule has 0 atom stereocenters. The average molecular weight is 702 g/mol. The van der Waals surface area contributed by atoms with Crippen molar-refractivity contribution < 1.29 is 8.83 Å². The van der Waals surface area contributed by atoms with Gasteiger partial charge in [-0.25, -0.2) is 0 Å². The molecule has 12 aromatic rings. The number of aromatic nitrogens is 1. The second-order valence-electron chi connectivity index (χ2n) is 14.3. The minimum atomic E-state index is 0.762. The van der Waals surface area contributed by atoms with Gasteiger partial charge in [0.25, 0.3) is 0 Å². The highest BCUT2D eigenvalue weighted by Gasteiger charge is 2.25. The van der Waals surface area contributed by atoms with Crippen LogP contribution in [0.5, 0.6) is 0 Å². The van der Waals surface area contributed by atoms with Crippen molar-refractivity contribution in [3.8, 4) is 39.3 Å². The second kappa shape index (κ2) is 11.6. The van der Waals surface area contributed by atoms with E-state index in [9.17, 15) is 0 Å². The average Bonchev–Trinajstić information content (AvgIpc) is 3.96. The molecule has 3 nitrogen and oxygen atoms in total. The van der Waals surface area contributed by atoms with Gasteiger partial charge in [-0.2, -0.15) is 0 Å². The maximum absolute atomic E-state index is 6.81. The predicted molar refractivity (Wildman–Crippen MR) is 229 cm³/mol. The van der Waals surface area contributed by atoms with Gasteiger partial charge in [0.1, 0.15) is 11.3 Å². The largest absolute Gasteiger partial charge is 0.452 e. The van der Waals surface area contributed by atoms with E-state index in [-0.39, 0.29) is 0 Å². The molecule has 0 spiro atoms. The lowest BCUT2D eigenvalue weighted by atomic mass is 9.84. The normalized spacial score (nSPS) is 12.0. The summed E-state index contributed by atoms with van der Waals surface area (Å²) >= 11 is 0. The molecule has 0 saturated heterocycles. The van der Waals surface area contributed by atoms with E-state index in [0.717, 1.165) is 55.5 Å². The number of furan rings is 2. The van der Waals surface area contributed by atoms with Crippen molar-refractivity contribution in [2.45, 2.75) is 0 Å². The molecule has 256 valence electrons. The van der Waals surface area contributed by atoms with Gasteiger partial charge in [0.2, 0.25) is 0 Å². The molecule has 55 heavy (non-hydrogen) atoms. The molecule has 0 bridgehead atoms. The molecular formula is C52H31NO2. The molecule has 0 fully saturated rings. The lowest BCUT2D eigenvalue weighted by molar-refractivity contribution is 0.611.